The number of aromatic nitrogens is 2. The van der Waals surface area contributed by atoms with E-state index < -0.39 is 15.9 Å². The average Bonchev–Trinajstić information content (AvgIpc) is 2.99. The van der Waals surface area contributed by atoms with Crippen LogP contribution in [0, 0.1) is 0 Å². The van der Waals surface area contributed by atoms with Gasteiger partial charge in [0.15, 0.2) is 4.34 Å². The zero-order chi connectivity index (χ0) is 18.6. The Labute approximate surface area is 155 Å². The van der Waals surface area contributed by atoms with Crippen LogP contribution in [0.15, 0.2) is 28.6 Å². The van der Waals surface area contributed by atoms with Crippen LogP contribution in [-0.4, -0.2) is 43.6 Å². The van der Waals surface area contributed by atoms with Crippen LogP contribution >= 0.6 is 23.1 Å². The lowest BCUT2D eigenvalue weighted by molar-refractivity contribution is -0.114. The molecule has 0 aliphatic heterocycles. The molecule has 0 fully saturated rings. The second-order valence-electron chi connectivity index (χ2n) is 5.64. The van der Waals surface area contributed by atoms with Crippen LogP contribution in [0.25, 0.3) is 0 Å². The molecule has 0 atom stereocenters. The molecule has 0 saturated carbocycles. The fraction of sp³-hybridized carbons (Fsp3) is 0.400. The molecule has 0 spiro atoms. The van der Waals surface area contributed by atoms with Gasteiger partial charge in [0.2, 0.25) is 21.1 Å². The lowest BCUT2D eigenvalue weighted by Crippen LogP contribution is -2.37. The number of carbonyl (C=O) groups excluding carboxylic acids is 1. The number of nitrogens with one attached hydrogen (secondary N) is 1. The molecule has 0 bridgehead atoms. The first-order chi connectivity index (χ1) is 11.7. The van der Waals surface area contributed by atoms with Crippen LogP contribution in [-0.2, 0) is 14.8 Å². The van der Waals surface area contributed by atoms with Crippen molar-refractivity contribution < 1.29 is 13.2 Å². The highest BCUT2D eigenvalue weighted by molar-refractivity contribution is 8.00. The topological polar surface area (TPSA) is 92.3 Å². The second-order valence-corrected chi connectivity index (χ2v) is 9.58. The Hall–Kier alpha value is -1.65. The van der Waals surface area contributed by atoms with Crippen LogP contribution in [0.1, 0.15) is 25.3 Å². The van der Waals surface area contributed by atoms with E-state index in [-0.39, 0.29) is 6.54 Å². The Kier molecular flexibility index (Phi) is 6.42. The molecule has 0 aliphatic rings. The standard InChI is InChI=1S/C15H20N4O3S3/c1-10(2)11-5-7-12(8-6-11)19(25(4,21)22)9-13(20)16-14-17-18-15(23-3)24-14/h5-8,10H,9H2,1-4H3,(H,16,17,20). The predicted molar refractivity (Wildman–Crippen MR) is 103 cm³/mol. The maximum atomic E-state index is 12.2. The van der Waals surface area contributed by atoms with Gasteiger partial charge in [0.1, 0.15) is 6.54 Å². The first-order valence-corrected chi connectivity index (χ1v) is 11.3. The van der Waals surface area contributed by atoms with E-state index in [0.29, 0.717) is 16.7 Å². The normalized spacial score (nSPS) is 11.6. The average molecular weight is 401 g/mol. The van der Waals surface area contributed by atoms with Crippen LogP contribution in [0.4, 0.5) is 10.8 Å². The fourth-order valence-electron chi connectivity index (χ4n) is 2.06. The van der Waals surface area contributed by atoms with Gasteiger partial charge in [-0.1, -0.05) is 49.1 Å². The minimum absolute atomic E-state index is 0.325. The van der Waals surface area contributed by atoms with Gasteiger partial charge in [-0.15, -0.1) is 10.2 Å². The molecular weight excluding hydrogens is 380 g/mol. The van der Waals surface area contributed by atoms with Gasteiger partial charge in [0, 0.05) is 0 Å². The zero-order valence-corrected chi connectivity index (χ0v) is 16.8. The Morgan fingerprint density at radius 1 is 1.28 bits per heavy atom. The molecule has 1 aromatic heterocycles. The highest BCUT2D eigenvalue weighted by Gasteiger charge is 2.21. The van der Waals surface area contributed by atoms with E-state index >= 15 is 0 Å². The maximum Gasteiger partial charge on any atom is 0.246 e. The van der Waals surface area contributed by atoms with Crippen molar-refractivity contribution in [1.82, 2.24) is 10.2 Å². The number of thioether (sulfide) groups is 1. The van der Waals surface area contributed by atoms with Crippen molar-refractivity contribution in [3.63, 3.8) is 0 Å². The number of rotatable bonds is 7. The fourth-order valence-corrected chi connectivity index (χ4v) is 4.10. The molecule has 1 aromatic carbocycles. The Bertz CT molecular complexity index is 832. The van der Waals surface area contributed by atoms with Gasteiger partial charge < -0.3 is 0 Å². The molecule has 1 heterocycles. The Morgan fingerprint density at radius 2 is 1.92 bits per heavy atom. The summed E-state index contributed by atoms with van der Waals surface area (Å²) in [7, 11) is -3.60. The van der Waals surface area contributed by atoms with Crippen molar-refractivity contribution in [2.75, 3.05) is 28.7 Å². The first kappa shape index (κ1) is 19.7. The van der Waals surface area contributed by atoms with Crippen molar-refractivity contribution >= 4 is 49.8 Å². The van der Waals surface area contributed by atoms with Gasteiger partial charge in [-0.3, -0.25) is 14.4 Å². The number of anilines is 2. The molecule has 1 amide bonds. The van der Waals surface area contributed by atoms with Gasteiger partial charge in [0.05, 0.1) is 11.9 Å². The highest BCUT2D eigenvalue weighted by atomic mass is 32.2. The number of nitrogens with zero attached hydrogens (tertiary/aromatic N) is 3. The van der Waals surface area contributed by atoms with Gasteiger partial charge in [-0.2, -0.15) is 0 Å². The van der Waals surface area contributed by atoms with Gasteiger partial charge >= 0.3 is 0 Å². The molecule has 10 heteroatoms. The summed E-state index contributed by atoms with van der Waals surface area (Å²) in [6.45, 7) is 3.79. The summed E-state index contributed by atoms with van der Waals surface area (Å²) in [5.41, 5.74) is 1.55. The molecule has 2 aromatic rings. The molecule has 0 saturated heterocycles. The molecule has 2 rings (SSSR count). The molecule has 0 radical (unpaired) electrons. The summed E-state index contributed by atoms with van der Waals surface area (Å²) >= 11 is 2.66. The van der Waals surface area contributed by atoms with E-state index in [2.05, 4.69) is 29.4 Å². The second kappa shape index (κ2) is 8.15. The summed E-state index contributed by atoms with van der Waals surface area (Å²) in [5.74, 6) is -0.130. The molecule has 7 nitrogen and oxygen atoms in total. The molecular formula is C15H20N4O3S3. The minimum atomic E-state index is -3.60. The van der Waals surface area contributed by atoms with Crippen LogP contribution < -0.4 is 9.62 Å². The third-order valence-electron chi connectivity index (χ3n) is 3.36. The molecule has 1 N–H and O–H groups in total. The van der Waals surface area contributed by atoms with Crippen LogP contribution in [0.3, 0.4) is 0 Å². The van der Waals surface area contributed by atoms with Gasteiger partial charge in [0.25, 0.3) is 0 Å². The Morgan fingerprint density at radius 3 is 2.40 bits per heavy atom. The Balaban J connectivity index is 2.16. The number of amides is 1. The first-order valence-electron chi connectivity index (χ1n) is 7.45. The van der Waals surface area contributed by atoms with Crippen molar-refractivity contribution in [2.24, 2.45) is 0 Å². The van der Waals surface area contributed by atoms with Gasteiger partial charge in [-0.05, 0) is 29.9 Å². The van der Waals surface area contributed by atoms with E-state index in [1.165, 1.54) is 23.1 Å². The number of carbonyl (C=O) groups is 1. The lowest BCUT2D eigenvalue weighted by Gasteiger charge is -2.22. The summed E-state index contributed by atoms with van der Waals surface area (Å²) in [4.78, 5) is 12.2. The quantitative estimate of drug-likeness (QED) is 0.567. The van der Waals surface area contributed by atoms with Crippen molar-refractivity contribution in [3.05, 3.63) is 29.8 Å². The lowest BCUT2D eigenvalue weighted by atomic mass is 10.0. The predicted octanol–water partition coefficient (Wildman–Crippen LogP) is 2.79. The van der Waals surface area contributed by atoms with Crippen molar-refractivity contribution in [3.8, 4) is 0 Å². The van der Waals surface area contributed by atoms with Crippen molar-refractivity contribution in [1.29, 1.82) is 0 Å². The monoisotopic (exact) mass is 400 g/mol. The summed E-state index contributed by atoms with van der Waals surface area (Å²) in [6.07, 6.45) is 2.94. The summed E-state index contributed by atoms with van der Waals surface area (Å²) in [6, 6.07) is 7.15. The number of benzene rings is 1. The molecule has 0 unspecified atom stereocenters. The smallest absolute Gasteiger partial charge is 0.246 e. The number of sulfonamides is 1. The minimum Gasteiger partial charge on any atom is -0.299 e. The van der Waals surface area contributed by atoms with Crippen molar-refractivity contribution in [2.45, 2.75) is 24.1 Å². The van der Waals surface area contributed by atoms with E-state index in [9.17, 15) is 13.2 Å². The largest absolute Gasteiger partial charge is 0.299 e. The third kappa shape index (κ3) is 5.41. The van der Waals surface area contributed by atoms with E-state index in [4.69, 9.17) is 0 Å². The molecule has 25 heavy (non-hydrogen) atoms. The van der Waals surface area contributed by atoms with Crippen LogP contribution in [0.2, 0.25) is 0 Å². The molecule has 0 aliphatic carbocycles. The summed E-state index contributed by atoms with van der Waals surface area (Å²) in [5, 5.41) is 10.7. The number of hydrogen-bond acceptors (Lipinski definition) is 7. The molecule has 136 valence electrons. The van der Waals surface area contributed by atoms with E-state index in [0.717, 1.165) is 20.5 Å². The van der Waals surface area contributed by atoms with E-state index in [1.54, 1.807) is 12.1 Å². The highest BCUT2D eigenvalue weighted by Crippen LogP contribution is 2.24. The summed E-state index contributed by atoms with van der Waals surface area (Å²) < 4.78 is 26.0. The van der Waals surface area contributed by atoms with E-state index in [1.807, 2.05) is 18.4 Å². The van der Waals surface area contributed by atoms with Gasteiger partial charge in [-0.25, -0.2) is 8.42 Å². The SMILES string of the molecule is CSc1nnc(NC(=O)CN(c2ccc(C(C)C)cc2)S(C)(=O)=O)s1. The third-order valence-corrected chi connectivity index (χ3v) is 6.32. The van der Waals surface area contributed by atoms with Crippen LogP contribution in [0.5, 0.6) is 0 Å². The number of hydrogen-bond donors (Lipinski definition) is 1. The zero-order valence-electron chi connectivity index (χ0n) is 14.4. The maximum absolute atomic E-state index is 12.2.